The molecule has 1 amide bonds. The summed E-state index contributed by atoms with van der Waals surface area (Å²) in [5.74, 6) is 0.917. The van der Waals surface area contributed by atoms with Crippen LogP contribution in [0.3, 0.4) is 0 Å². The maximum absolute atomic E-state index is 13.4. The van der Waals surface area contributed by atoms with Crippen LogP contribution in [0.1, 0.15) is 25.2 Å². The van der Waals surface area contributed by atoms with Crippen LogP contribution in [0.15, 0.2) is 81.2 Å². The van der Waals surface area contributed by atoms with E-state index in [2.05, 4.69) is 0 Å². The molecule has 3 aromatic rings. The molecule has 0 radical (unpaired) electrons. The second-order valence-electron chi connectivity index (χ2n) is 7.54. The van der Waals surface area contributed by atoms with Gasteiger partial charge in [0.15, 0.2) is 23.3 Å². The van der Waals surface area contributed by atoms with Gasteiger partial charge in [0.2, 0.25) is 0 Å². The molecule has 2 heterocycles. The second-order valence-corrected chi connectivity index (χ2v) is 8.55. The summed E-state index contributed by atoms with van der Waals surface area (Å²) >= 11 is 1.29. The minimum absolute atomic E-state index is 0.174. The number of carbonyl (C=O) groups is 2. The minimum Gasteiger partial charge on any atom is -0.490 e. The average molecular weight is 507 g/mol. The molecule has 0 spiro atoms. The molecule has 0 bridgehead atoms. The molecule has 36 heavy (non-hydrogen) atoms. The summed E-state index contributed by atoms with van der Waals surface area (Å²) < 4.78 is 21.7. The first-order valence-corrected chi connectivity index (χ1v) is 12.3. The molecule has 0 aliphatic carbocycles. The predicted octanol–water partition coefficient (Wildman–Crippen LogP) is 5.42. The first-order chi connectivity index (χ1) is 17.6. The third-order valence-corrected chi connectivity index (χ3v) is 5.99. The fourth-order valence-electron chi connectivity index (χ4n) is 3.39. The summed E-state index contributed by atoms with van der Waals surface area (Å²) in [6.45, 7) is 4.34. The van der Waals surface area contributed by atoms with E-state index in [9.17, 15) is 9.59 Å². The monoisotopic (exact) mass is 506 g/mol. The zero-order chi connectivity index (χ0) is 25.3. The zero-order valence-corrected chi connectivity index (χ0v) is 20.8. The van der Waals surface area contributed by atoms with Crippen molar-refractivity contribution in [3.8, 4) is 11.5 Å². The Bertz CT molecular complexity index is 1250. The largest absolute Gasteiger partial charge is 0.490 e. The van der Waals surface area contributed by atoms with Gasteiger partial charge in [0, 0.05) is 0 Å². The van der Waals surface area contributed by atoms with Gasteiger partial charge in [-0.15, -0.1) is 0 Å². The molecule has 9 heteroatoms. The number of hydrogen-bond donors (Lipinski definition) is 0. The van der Waals surface area contributed by atoms with Gasteiger partial charge in [-0.1, -0.05) is 24.3 Å². The van der Waals surface area contributed by atoms with Gasteiger partial charge in [-0.3, -0.25) is 9.69 Å². The quantitative estimate of drug-likeness (QED) is 0.268. The molecular formula is C27H26N2O6S. The lowest BCUT2D eigenvalue weighted by Gasteiger charge is -2.14. The highest BCUT2D eigenvalue weighted by Gasteiger charge is 2.34. The van der Waals surface area contributed by atoms with Crippen LogP contribution in [0.4, 0.5) is 5.69 Å². The molecule has 0 saturated carbocycles. The molecule has 1 saturated heterocycles. The van der Waals surface area contributed by atoms with Crippen molar-refractivity contribution in [3.63, 3.8) is 0 Å². The van der Waals surface area contributed by atoms with Gasteiger partial charge in [0.05, 0.1) is 36.6 Å². The lowest BCUT2D eigenvalue weighted by molar-refractivity contribution is -0.145. The van der Waals surface area contributed by atoms with E-state index in [1.54, 1.807) is 48.4 Å². The number of esters is 1. The average Bonchev–Trinajstić information content (AvgIpc) is 3.49. The standard InChI is InChI=1S/C27H26N2O6S/c1-3-32-23-15-19(12-13-22(23)35-18-25(30)33-4-2)16-24-26(31)29(17-21-11-8-14-34-21)27(36-24)28-20-9-6-5-7-10-20/h5-16H,3-4,17-18H2,1-2H3/b24-16-,28-27?. The smallest absolute Gasteiger partial charge is 0.344 e. The number of hydrogen-bond acceptors (Lipinski definition) is 8. The van der Waals surface area contributed by atoms with E-state index in [0.29, 0.717) is 33.9 Å². The Morgan fingerprint density at radius 3 is 2.58 bits per heavy atom. The normalized spacial score (nSPS) is 15.5. The van der Waals surface area contributed by atoms with E-state index in [1.165, 1.54) is 11.8 Å². The lowest BCUT2D eigenvalue weighted by atomic mass is 10.2. The molecule has 0 unspecified atom stereocenters. The van der Waals surface area contributed by atoms with Gasteiger partial charge in [0.1, 0.15) is 5.76 Å². The van der Waals surface area contributed by atoms with Crippen molar-refractivity contribution in [1.29, 1.82) is 0 Å². The number of benzene rings is 2. The van der Waals surface area contributed by atoms with E-state index >= 15 is 0 Å². The number of rotatable bonds is 10. The van der Waals surface area contributed by atoms with Crippen LogP contribution in [0.25, 0.3) is 6.08 Å². The van der Waals surface area contributed by atoms with Crippen LogP contribution in [0.2, 0.25) is 0 Å². The van der Waals surface area contributed by atoms with Gasteiger partial charge in [0.25, 0.3) is 5.91 Å². The molecule has 2 aromatic carbocycles. The van der Waals surface area contributed by atoms with Gasteiger partial charge in [-0.05, 0) is 73.6 Å². The van der Waals surface area contributed by atoms with Crippen LogP contribution in [0.5, 0.6) is 11.5 Å². The van der Waals surface area contributed by atoms with Crippen LogP contribution < -0.4 is 9.47 Å². The predicted molar refractivity (Wildman–Crippen MR) is 138 cm³/mol. The number of para-hydroxylation sites is 1. The number of nitrogens with zero attached hydrogens (tertiary/aromatic N) is 2. The van der Waals surface area contributed by atoms with Crippen LogP contribution in [-0.4, -0.2) is 41.8 Å². The first kappa shape index (κ1) is 25.1. The molecule has 0 N–H and O–H groups in total. The molecule has 1 aromatic heterocycles. The maximum Gasteiger partial charge on any atom is 0.344 e. The Morgan fingerprint density at radius 1 is 1.03 bits per heavy atom. The summed E-state index contributed by atoms with van der Waals surface area (Å²) in [5.41, 5.74) is 1.50. The van der Waals surface area contributed by atoms with E-state index in [4.69, 9.17) is 23.6 Å². The molecule has 1 fully saturated rings. The Kier molecular flexibility index (Phi) is 8.46. The second kappa shape index (κ2) is 12.1. The summed E-state index contributed by atoms with van der Waals surface area (Å²) in [6, 6.07) is 18.4. The molecule has 0 atom stereocenters. The summed E-state index contributed by atoms with van der Waals surface area (Å²) in [6.07, 6.45) is 3.36. The maximum atomic E-state index is 13.4. The van der Waals surface area contributed by atoms with Gasteiger partial charge >= 0.3 is 5.97 Å². The third kappa shape index (κ3) is 6.37. The third-order valence-electron chi connectivity index (χ3n) is 4.98. The van der Waals surface area contributed by atoms with Crippen molar-refractivity contribution in [3.05, 3.63) is 83.2 Å². The highest BCUT2D eigenvalue weighted by Crippen LogP contribution is 2.36. The van der Waals surface area contributed by atoms with Crippen molar-refractivity contribution in [2.24, 2.45) is 4.99 Å². The summed E-state index contributed by atoms with van der Waals surface area (Å²) in [7, 11) is 0. The Labute approximate surface area is 213 Å². The Hall–Kier alpha value is -3.98. The van der Waals surface area contributed by atoms with Crippen LogP contribution in [-0.2, 0) is 20.9 Å². The fourth-order valence-corrected chi connectivity index (χ4v) is 4.39. The Balaban J connectivity index is 1.60. The number of amides is 1. The van der Waals surface area contributed by atoms with Crippen molar-refractivity contribution in [2.45, 2.75) is 20.4 Å². The molecule has 4 rings (SSSR count). The number of furan rings is 1. The van der Waals surface area contributed by atoms with Crippen molar-refractivity contribution in [2.75, 3.05) is 19.8 Å². The van der Waals surface area contributed by atoms with Gasteiger partial charge in [-0.25, -0.2) is 9.79 Å². The number of ether oxygens (including phenoxy) is 3. The van der Waals surface area contributed by atoms with Gasteiger partial charge in [-0.2, -0.15) is 0 Å². The Morgan fingerprint density at radius 2 is 1.86 bits per heavy atom. The number of aliphatic imine (C=N–C) groups is 1. The van der Waals surface area contributed by atoms with Crippen molar-refractivity contribution in [1.82, 2.24) is 4.90 Å². The van der Waals surface area contributed by atoms with Crippen molar-refractivity contribution >= 4 is 40.6 Å². The number of amidine groups is 1. The zero-order valence-electron chi connectivity index (χ0n) is 20.0. The summed E-state index contributed by atoms with van der Waals surface area (Å²) in [4.78, 5) is 31.8. The molecule has 186 valence electrons. The van der Waals surface area contributed by atoms with E-state index in [-0.39, 0.29) is 25.7 Å². The van der Waals surface area contributed by atoms with E-state index < -0.39 is 5.97 Å². The van der Waals surface area contributed by atoms with E-state index in [0.717, 1.165) is 11.3 Å². The number of carbonyl (C=O) groups excluding carboxylic acids is 2. The lowest BCUT2D eigenvalue weighted by Crippen LogP contribution is -2.28. The van der Waals surface area contributed by atoms with Crippen LogP contribution >= 0.6 is 11.8 Å². The summed E-state index contributed by atoms with van der Waals surface area (Å²) in [5, 5.41) is 0.563. The molecular weight excluding hydrogens is 480 g/mol. The van der Waals surface area contributed by atoms with E-state index in [1.807, 2.05) is 43.3 Å². The van der Waals surface area contributed by atoms with Crippen molar-refractivity contribution < 1.29 is 28.2 Å². The molecule has 8 nitrogen and oxygen atoms in total. The topological polar surface area (TPSA) is 90.6 Å². The minimum atomic E-state index is -0.457. The highest BCUT2D eigenvalue weighted by molar-refractivity contribution is 8.18. The van der Waals surface area contributed by atoms with Crippen LogP contribution in [0, 0.1) is 0 Å². The molecule has 1 aliphatic rings. The number of thioether (sulfide) groups is 1. The molecule has 1 aliphatic heterocycles. The SMILES string of the molecule is CCOC(=O)COc1ccc(/C=C2\SC(=Nc3ccccc3)N(Cc3ccco3)C2=O)cc1OCC. The fraction of sp³-hybridized carbons (Fsp3) is 0.222. The van der Waals surface area contributed by atoms with Gasteiger partial charge < -0.3 is 18.6 Å². The first-order valence-electron chi connectivity index (χ1n) is 11.5. The highest BCUT2D eigenvalue weighted by atomic mass is 32.2.